The Labute approximate surface area is 380 Å². The van der Waals surface area contributed by atoms with Gasteiger partial charge in [-0.15, -0.1) is 0 Å². The molecular weight excluding hydrogens is 825 g/mol. The first kappa shape index (κ1) is 46.8. The minimum Gasteiger partial charge on any atom is -0.467 e. The van der Waals surface area contributed by atoms with E-state index in [2.05, 4.69) is 5.32 Å². The van der Waals surface area contributed by atoms with Crippen molar-refractivity contribution in [2.24, 2.45) is 0 Å². The van der Waals surface area contributed by atoms with Gasteiger partial charge in [-0.1, -0.05) is 140 Å². The average molecular weight is 883 g/mol. The number of carbonyl (C=O) groups excluding carboxylic acids is 3. The number of benzene rings is 5. The highest BCUT2D eigenvalue weighted by molar-refractivity contribution is 5.96. The number of hydrogen-bond donors (Lipinski definition) is 1. The molecule has 12 nitrogen and oxygen atoms in total. The van der Waals surface area contributed by atoms with Gasteiger partial charge in [0.15, 0.2) is 0 Å². The smallest absolute Gasteiger partial charge is 0.408 e. The Morgan fingerprint density at radius 3 is 1.63 bits per heavy atom. The van der Waals surface area contributed by atoms with Gasteiger partial charge in [-0.25, -0.2) is 9.59 Å². The van der Waals surface area contributed by atoms with Gasteiger partial charge in [0.25, 0.3) is 0 Å². The number of alkyl carbamates (subject to hydrolysis) is 1. The van der Waals surface area contributed by atoms with E-state index in [1.54, 1.807) is 25.3 Å². The molecule has 2 heterocycles. The molecule has 6 aromatic rings. The summed E-state index contributed by atoms with van der Waals surface area (Å²) in [5.41, 5.74) is 4.53. The van der Waals surface area contributed by atoms with Crippen LogP contribution in [0.1, 0.15) is 72.1 Å². The predicted molar refractivity (Wildman–Crippen MR) is 246 cm³/mol. The lowest BCUT2D eigenvalue weighted by atomic mass is 9.88. The third-order valence-electron chi connectivity index (χ3n) is 11.1. The van der Waals surface area contributed by atoms with Gasteiger partial charge < -0.3 is 38.5 Å². The largest absolute Gasteiger partial charge is 0.467 e. The average Bonchev–Trinajstić information content (AvgIpc) is 3.63. The number of ether oxygens (including phenoxy) is 7. The lowest BCUT2D eigenvalue weighted by molar-refractivity contribution is -0.275. The van der Waals surface area contributed by atoms with E-state index >= 15 is 0 Å². The predicted octanol–water partition coefficient (Wildman–Crippen LogP) is 9.32. The van der Waals surface area contributed by atoms with Gasteiger partial charge in [0.2, 0.25) is 5.91 Å². The second-order valence-corrected chi connectivity index (χ2v) is 17.0. The van der Waals surface area contributed by atoms with Crippen LogP contribution >= 0.6 is 0 Å². The molecule has 0 aliphatic carbocycles. The number of nitrogens with one attached hydrogen (secondary N) is 1. The summed E-state index contributed by atoms with van der Waals surface area (Å²) in [5.74, 6) is -1.04. The fourth-order valence-electron chi connectivity index (χ4n) is 8.20. The Morgan fingerprint density at radius 1 is 0.646 bits per heavy atom. The first-order valence-electron chi connectivity index (χ1n) is 21.9. The molecule has 7 rings (SSSR count). The fourth-order valence-corrected chi connectivity index (χ4v) is 8.20. The Hall–Kier alpha value is -6.15. The zero-order chi connectivity index (χ0) is 45.8. The minimum atomic E-state index is -1.26. The molecule has 0 radical (unpaired) electrons. The first-order chi connectivity index (χ1) is 31.5. The van der Waals surface area contributed by atoms with Crippen molar-refractivity contribution in [2.45, 2.75) is 103 Å². The number of rotatable bonds is 18. The molecule has 1 N–H and O–H groups in total. The summed E-state index contributed by atoms with van der Waals surface area (Å²) in [5, 5.41) is 3.40. The molecule has 0 unspecified atom stereocenters. The normalized spacial score (nSPS) is 19.1. The second-order valence-electron chi connectivity index (χ2n) is 17.0. The maximum Gasteiger partial charge on any atom is 0.408 e. The van der Waals surface area contributed by atoms with Crippen molar-refractivity contribution >= 4 is 28.9 Å². The zero-order valence-electron chi connectivity index (χ0n) is 37.6. The summed E-state index contributed by atoms with van der Waals surface area (Å²) < 4.78 is 47.2. The van der Waals surface area contributed by atoms with Gasteiger partial charge in [0.1, 0.15) is 42.2 Å². The van der Waals surface area contributed by atoms with Gasteiger partial charge in [-0.2, -0.15) is 0 Å². The number of para-hydroxylation sites is 1. The zero-order valence-corrected chi connectivity index (χ0v) is 37.6. The van der Waals surface area contributed by atoms with Crippen molar-refractivity contribution in [3.63, 3.8) is 0 Å². The van der Waals surface area contributed by atoms with Crippen molar-refractivity contribution < 1.29 is 47.5 Å². The van der Waals surface area contributed by atoms with Crippen LogP contribution in [0.4, 0.5) is 4.79 Å². The summed E-state index contributed by atoms with van der Waals surface area (Å²) in [6, 6.07) is 45.7. The number of amides is 1. The molecule has 6 atom stereocenters. The van der Waals surface area contributed by atoms with Crippen LogP contribution in [0.25, 0.3) is 10.9 Å². The molecule has 5 aromatic carbocycles. The molecule has 1 aliphatic heterocycles. The molecule has 1 amide bonds. The van der Waals surface area contributed by atoms with Crippen LogP contribution in [0.5, 0.6) is 0 Å². The topological polar surface area (TPSA) is 133 Å². The SMILES string of the molecule is COC(=O)[C@H](Cc1c([C@H]2O[C@H](COCc3ccccc3)[C@@H](OCc3ccccc3)[C@H](OCc3ccccc3)[C@H]2OCc2ccccc2)c2ccccc2n1C(C)=O)NC(=O)OC(C)(C)C. The van der Waals surface area contributed by atoms with Gasteiger partial charge in [0, 0.05) is 30.0 Å². The van der Waals surface area contributed by atoms with Crippen LogP contribution in [-0.2, 0) is 70.8 Å². The second kappa shape index (κ2) is 22.2. The van der Waals surface area contributed by atoms with E-state index in [1.807, 2.05) is 146 Å². The number of methoxy groups -OCH3 is 1. The lowest BCUT2D eigenvalue weighted by Gasteiger charge is -2.46. The molecule has 1 saturated heterocycles. The Morgan fingerprint density at radius 2 is 1.12 bits per heavy atom. The number of carbonyl (C=O) groups is 3. The van der Waals surface area contributed by atoms with Gasteiger partial charge in [0.05, 0.1) is 45.7 Å². The molecule has 1 aromatic heterocycles. The van der Waals surface area contributed by atoms with E-state index < -0.39 is 54.2 Å². The molecule has 0 saturated carbocycles. The molecular formula is C53H58N2O10. The van der Waals surface area contributed by atoms with Gasteiger partial charge in [-0.05, 0) is 49.1 Å². The summed E-state index contributed by atoms with van der Waals surface area (Å²) in [7, 11) is 1.25. The van der Waals surface area contributed by atoms with E-state index in [9.17, 15) is 14.4 Å². The van der Waals surface area contributed by atoms with E-state index in [4.69, 9.17) is 33.2 Å². The molecule has 65 heavy (non-hydrogen) atoms. The lowest BCUT2D eigenvalue weighted by Crippen LogP contribution is -2.58. The Bertz CT molecular complexity index is 2450. The molecule has 0 bridgehead atoms. The summed E-state index contributed by atoms with van der Waals surface area (Å²) >= 11 is 0. The monoisotopic (exact) mass is 882 g/mol. The van der Waals surface area contributed by atoms with Crippen molar-refractivity contribution in [3.8, 4) is 0 Å². The van der Waals surface area contributed by atoms with Crippen molar-refractivity contribution in [3.05, 3.63) is 179 Å². The van der Waals surface area contributed by atoms with E-state index in [0.29, 0.717) is 28.8 Å². The fraction of sp³-hybridized carbons (Fsp3) is 0.340. The van der Waals surface area contributed by atoms with Crippen molar-refractivity contribution in [1.29, 1.82) is 0 Å². The van der Waals surface area contributed by atoms with Crippen LogP contribution in [0, 0.1) is 0 Å². The Balaban J connectivity index is 1.39. The summed E-state index contributed by atoms with van der Waals surface area (Å²) in [6.45, 7) is 7.72. The molecule has 340 valence electrons. The van der Waals surface area contributed by atoms with Crippen LogP contribution in [-0.4, -0.2) is 72.3 Å². The number of aromatic nitrogens is 1. The summed E-state index contributed by atoms with van der Waals surface area (Å²) in [4.78, 5) is 40.9. The molecule has 12 heteroatoms. The standard InChI is InChI=1S/C53H58N2O10/c1-36(56)55-43-29-19-18-28-41(43)46(44(55)30-42(51(57)59-5)54-52(58)65-53(2,3)4)48-50(63-34-40-26-16-9-17-27-40)49(62-33-39-24-14-8-15-25-39)47(61-32-38-22-12-7-13-23-38)45(64-48)35-60-31-37-20-10-6-11-21-37/h6-29,42,45,47-50H,30-35H2,1-5H3,(H,54,58)/t42-,45+,47+,48+,49-,50-/m0/s1. The molecule has 1 aliphatic rings. The van der Waals surface area contributed by atoms with Crippen LogP contribution in [0.2, 0.25) is 0 Å². The third kappa shape index (κ3) is 12.4. The van der Waals surface area contributed by atoms with Gasteiger partial charge >= 0.3 is 12.1 Å². The maximum atomic E-state index is 13.9. The van der Waals surface area contributed by atoms with E-state index in [-0.39, 0.29) is 38.8 Å². The Kier molecular flexibility index (Phi) is 16.0. The van der Waals surface area contributed by atoms with Crippen LogP contribution in [0.3, 0.4) is 0 Å². The highest BCUT2D eigenvalue weighted by atomic mass is 16.6. The number of nitrogens with zero attached hydrogens (tertiary/aromatic N) is 1. The number of hydrogen-bond acceptors (Lipinski definition) is 10. The third-order valence-corrected chi connectivity index (χ3v) is 11.1. The highest BCUT2D eigenvalue weighted by Gasteiger charge is 2.51. The maximum absolute atomic E-state index is 13.9. The van der Waals surface area contributed by atoms with Crippen LogP contribution < -0.4 is 5.32 Å². The molecule has 0 spiro atoms. The molecule has 1 fully saturated rings. The summed E-state index contributed by atoms with van der Waals surface area (Å²) in [6.07, 6.45) is -5.05. The number of esters is 1. The first-order valence-corrected chi connectivity index (χ1v) is 21.9. The minimum absolute atomic E-state index is 0.104. The van der Waals surface area contributed by atoms with Crippen molar-refractivity contribution in [1.82, 2.24) is 9.88 Å². The number of fused-ring (bicyclic) bond motifs is 1. The van der Waals surface area contributed by atoms with Gasteiger partial charge in [-0.3, -0.25) is 9.36 Å². The van der Waals surface area contributed by atoms with E-state index in [1.165, 1.54) is 14.0 Å². The quantitative estimate of drug-likeness (QED) is 0.0834. The van der Waals surface area contributed by atoms with Crippen molar-refractivity contribution in [2.75, 3.05) is 13.7 Å². The van der Waals surface area contributed by atoms with Crippen LogP contribution in [0.15, 0.2) is 146 Å². The highest BCUT2D eigenvalue weighted by Crippen LogP contribution is 2.44. The van der Waals surface area contributed by atoms with E-state index in [0.717, 1.165) is 22.3 Å².